The van der Waals surface area contributed by atoms with Gasteiger partial charge in [-0.25, -0.2) is 0 Å². The zero-order chi connectivity index (χ0) is 17.4. The monoisotopic (exact) mass is 323 g/mol. The summed E-state index contributed by atoms with van der Waals surface area (Å²) in [5.41, 5.74) is 12.3. The van der Waals surface area contributed by atoms with Gasteiger partial charge in [0.1, 0.15) is 0 Å². The molecule has 3 rings (SSSR count). The zero-order valence-corrected chi connectivity index (χ0v) is 14.4. The zero-order valence-electron chi connectivity index (χ0n) is 14.4. The lowest BCUT2D eigenvalue weighted by Crippen LogP contribution is -1.98. The molecule has 1 aliphatic rings. The van der Waals surface area contributed by atoms with Crippen LogP contribution in [0.3, 0.4) is 0 Å². The Labute approximate surface area is 141 Å². The molecule has 0 amide bonds. The first kappa shape index (κ1) is 16.1. The van der Waals surface area contributed by atoms with E-state index in [9.17, 15) is 4.79 Å². The molecule has 4 heteroatoms. The number of anilines is 1. The van der Waals surface area contributed by atoms with Gasteiger partial charge >= 0.3 is 0 Å². The minimum Gasteiger partial charge on any atom is -0.493 e. The summed E-state index contributed by atoms with van der Waals surface area (Å²) >= 11 is 0. The third-order valence-corrected chi connectivity index (χ3v) is 4.48. The minimum atomic E-state index is 0.0399. The van der Waals surface area contributed by atoms with Gasteiger partial charge in [-0.05, 0) is 66.4 Å². The van der Waals surface area contributed by atoms with Crippen molar-refractivity contribution in [2.45, 2.75) is 20.3 Å². The van der Waals surface area contributed by atoms with Crippen molar-refractivity contribution in [3.05, 3.63) is 57.7 Å². The first-order valence-corrected chi connectivity index (χ1v) is 7.81. The molecule has 0 unspecified atom stereocenters. The standard InChI is InChI=1S/C20H21NO3/c1-11-5-13(6-12(2)19(11)21)7-15-8-14-9-17(23-3)18(24-4)10-16(14)20(15)22/h5-7,9-10H,8,21H2,1-4H3/b15-7+. The van der Waals surface area contributed by atoms with E-state index in [-0.39, 0.29) is 5.78 Å². The Morgan fingerprint density at radius 1 is 1.00 bits per heavy atom. The number of nitrogen functional groups attached to an aromatic ring is 1. The molecule has 0 radical (unpaired) electrons. The number of carbonyl (C=O) groups excluding carboxylic acids is 1. The van der Waals surface area contributed by atoms with Crippen LogP contribution in [0.25, 0.3) is 6.08 Å². The summed E-state index contributed by atoms with van der Waals surface area (Å²) in [4.78, 5) is 12.7. The number of hydrogen-bond acceptors (Lipinski definition) is 4. The average Bonchev–Trinajstić information content (AvgIpc) is 2.86. The van der Waals surface area contributed by atoms with Crippen molar-refractivity contribution in [2.24, 2.45) is 0 Å². The Bertz CT molecular complexity index is 842. The second-order valence-electron chi connectivity index (χ2n) is 6.11. The smallest absolute Gasteiger partial charge is 0.189 e. The van der Waals surface area contributed by atoms with Crippen LogP contribution in [0, 0.1) is 13.8 Å². The van der Waals surface area contributed by atoms with Crippen molar-refractivity contribution in [1.29, 1.82) is 0 Å². The number of ketones is 1. The minimum absolute atomic E-state index is 0.0399. The van der Waals surface area contributed by atoms with Crippen LogP contribution in [0.15, 0.2) is 29.8 Å². The third-order valence-electron chi connectivity index (χ3n) is 4.48. The van der Waals surface area contributed by atoms with Crippen molar-refractivity contribution in [3.8, 4) is 11.5 Å². The number of carbonyl (C=O) groups is 1. The van der Waals surface area contributed by atoms with Gasteiger partial charge in [0.2, 0.25) is 0 Å². The second kappa shape index (κ2) is 6.04. The summed E-state index contributed by atoms with van der Waals surface area (Å²) in [5.74, 6) is 1.26. The number of aryl methyl sites for hydroxylation is 2. The quantitative estimate of drug-likeness (QED) is 0.691. The summed E-state index contributed by atoms with van der Waals surface area (Å²) in [5, 5.41) is 0. The highest BCUT2D eigenvalue weighted by Crippen LogP contribution is 2.37. The number of rotatable bonds is 3. The lowest BCUT2D eigenvalue weighted by Gasteiger charge is -2.08. The molecule has 4 nitrogen and oxygen atoms in total. The molecule has 0 fully saturated rings. The number of methoxy groups -OCH3 is 2. The predicted octanol–water partition coefficient (Wildman–Crippen LogP) is 3.73. The van der Waals surface area contributed by atoms with E-state index in [1.807, 2.05) is 38.1 Å². The fourth-order valence-corrected chi connectivity index (χ4v) is 3.15. The number of fused-ring (bicyclic) bond motifs is 1. The number of ether oxygens (including phenoxy) is 2. The lowest BCUT2D eigenvalue weighted by atomic mass is 10.0. The highest BCUT2D eigenvalue weighted by Gasteiger charge is 2.27. The lowest BCUT2D eigenvalue weighted by molar-refractivity contribution is 0.104. The van der Waals surface area contributed by atoms with Crippen LogP contribution in [0.4, 0.5) is 5.69 Å². The molecule has 0 aromatic heterocycles. The molecule has 0 spiro atoms. The average molecular weight is 323 g/mol. The van der Waals surface area contributed by atoms with E-state index < -0.39 is 0 Å². The molecule has 2 aromatic rings. The summed E-state index contributed by atoms with van der Waals surface area (Å²) < 4.78 is 10.6. The van der Waals surface area contributed by atoms with Crippen molar-refractivity contribution >= 4 is 17.5 Å². The van der Waals surface area contributed by atoms with Crippen LogP contribution in [0.1, 0.15) is 32.6 Å². The third kappa shape index (κ3) is 2.64. The highest BCUT2D eigenvalue weighted by atomic mass is 16.5. The van der Waals surface area contributed by atoms with E-state index >= 15 is 0 Å². The van der Waals surface area contributed by atoms with E-state index in [1.54, 1.807) is 20.3 Å². The van der Waals surface area contributed by atoms with Crippen LogP contribution in [-0.4, -0.2) is 20.0 Å². The molecule has 2 N–H and O–H groups in total. The molecule has 0 atom stereocenters. The molecular weight excluding hydrogens is 302 g/mol. The Kier molecular flexibility index (Phi) is 4.06. The molecular formula is C20H21NO3. The van der Waals surface area contributed by atoms with Gasteiger partial charge in [-0.15, -0.1) is 0 Å². The number of Topliss-reactive ketones (excluding diaryl/α,β-unsaturated/α-hetero) is 1. The highest BCUT2D eigenvalue weighted by molar-refractivity contribution is 6.16. The molecule has 124 valence electrons. The van der Waals surface area contributed by atoms with E-state index in [1.165, 1.54) is 0 Å². The molecule has 0 saturated heterocycles. The molecule has 0 saturated carbocycles. The van der Waals surface area contributed by atoms with E-state index in [4.69, 9.17) is 15.2 Å². The maximum Gasteiger partial charge on any atom is 0.189 e. The van der Waals surface area contributed by atoms with Crippen LogP contribution in [-0.2, 0) is 6.42 Å². The molecule has 2 aromatic carbocycles. The SMILES string of the molecule is COc1cc2c(cc1OC)C(=O)/C(=C/c1cc(C)c(N)c(C)c1)C2. The number of hydrogen-bond donors (Lipinski definition) is 1. The summed E-state index contributed by atoms with van der Waals surface area (Å²) in [7, 11) is 3.16. The van der Waals surface area contributed by atoms with E-state index in [2.05, 4.69) is 0 Å². The van der Waals surface area contributed by atoms with Crippen molar-refractivity contribution < 1.29 is 14.3 Å². The van der Waals surface area contributed by atoms with Crippen molar-refractivity contribution in [3.63, 3.8) is 0 Å². The van der Waals surface area contributed by atoms with Gasteiger partial charge in [0.15, 0.2) is 17.3 Å². The fraction of sp³-hybridized carbons (Fsp3) is 0.250. The van der Waals surface area contributed by atoms with Gasteiger partial charge in [0.25, 0.3) is 0 Å². The summed E-state index contributed by atoms with van der Waals surface area (Å²) in [6.07, 6.45) is 2.54. The van der Waals surface area contributed by atoms with Gasteiger partial charge < -0.3 is 15.2 Å². The number of allylic oxidation sites excluding steroid dienone is 1. The number of benzene rings is 2. The van der Waals surface area contributed by atoms with E-state index in [0.29, 0.717) is 23.5 Å². The predicted molar refractivity (Wildman–Crippen MR) is 95.9 cm³/mol. The topological polar surface area (TPSA) is 61.5 Å². The first-order chi connectivity index (χ1) is 11.4. The summed E-state index contributed by atoms with van der Waals surface area (Å²) in [6, 6.07) is 7.66. The van der Waals surface area contributed by atoms with Gasteiger partial charge in [-0.1, -0.05) is 0 Å². The first-order valence-electron chi connectivity index (χ1n) is 7.81. The van der Waals surface area contributed by atoms with Gasteiger partial charge in [-0.3, -0.25) is 4.79 Å². The molecule has 1 aliphatic carbocycles. The van der Waals surface area contributed by atoms with Crippen molar-refractivity contribution in [1.82, 2.24) is 0 Å². The maximum absolute atomic E-state index is 12.7. The van der Waals surface area contributed by atoms with Gasteiger partial charge in [0, 0.05) is 23.2 Å². The van der Waals surface area contributed by atoms with Crippen LogP contribution < -0.4 is 15.2 Å². The fourth-order valence-electron chi connectivity index (χ4n) is 3.15. The number of nitrogens with two attached hydrogens (primary N) is 1. The van der Waals surface area contributed by atoms with Crippen LogP contribution in [0.5, 0.6) is 11.5 Å². The van der Waals surface area contributed by atoms with Gasteiger partial charge in [0.05, 0.1) is 14.2 Å². The molecule has 24 heavy (non-hydrogen) atoms. The second-order valence-corrected chi connectivity index (χ2v) is 6.11. The van der Waals surface area contributed by atoms with Gasteiger partial charge in [-0.2, -0.15) is 0 Å². The molecule has 0 aliphatic heterocycles. The molecule has 0 heterocycles. The van der Waals surface area contributed by atoms with Crippen LogP contribution in [0.2, 0.25) is 0 Å². The largest absolute Gasteiger partial charge is 0.493 e. The Morgan fingerprint density at radius 3 is 2.17 bits per heavy atom. The molecule has 0 bridgehead atoms. The Hall–Kier alpha value is -2.75. The Balaban J connectivity index is 2.02. The van der Waals surface area contributed by atoms with E-state index in [0.717, 1.165) is 33.5 Å². The summed E-state index contributed by atoms with van der Waals surface area (Å²) in [6.45, 7) is 3.95. The Morgan fingerprint density at radius 2 is 1.58 bits per heavy atom. The maximum atomic E-state index is 12.7. The normalized spacial score (nSPS) is 14.8. The van der Waals surface area contributed by atoms with Crippen molar-refractivity contribution in [2.75, 3.05) is 20.0 Å². The van der Waals surface area contributed by atoms with Crippen LogP contribution >= 0.6 is 0 Å².